The highest BCUT2D eigenvalue weighted by atomic mass is 32.2. The second kappa shape index (κ2) is 5.37. The molecule has 0 unspecified atom stereocenters. The topological polar surface area (TPSA) is 46.2 Å². The molecule has 0 aliphatic heterocycles. The second-order valence-corrected chi connectivity index (χ2v) is 4.08. The molecule has 1 N–H and O–H groups in total. The van der Waals surface area contributed by atoms with Crippen LogP contribution >= 0.6 is 0 Å². The Morgan fingerprint density at radius 3 is 2.31 bits per heavy atom. The zero-order valence-electron chi connectivity index (χ0n) is 7.53. The number of nitrogens with one attached hydrogen (secondary N) is 1. The maximum absolute atomic E-state index is 10.8. The van der Waals surface area contributed by atoms with Crippen LogP contribution in [0.25, 0.3) is 0 Å². The zero-order valence-corrected chi connectivity index (χ0v) is 8.34. The Labute approximate surface area is 79.2 Å². The van der Waals surface area contributed by atoms with Gasteiger partial charge in [0.25, 0.3) is 0 Å². The van der Waals surface area contributed by atoms with E-state index < -0.39 is 10.0 Å². The third-order valence-electron chi connectivity index (χ3n) is 1.01. The van der Waals surface area contributed by atoms with Crippen LogP contribution in [0.4, 0.5) is 0 Å². The van der Waals surface area contributed by atoms with E-state index in [9.17, 15) is 8.42 Å². The normalized spacial score (nSPS) is 12.8. The summed E-state index contributed by atoms with van der Waals surface area (Å²) in [4.78, 5) is 0. The van der Waals surface area contributed by atoms with E-state index >= 15 is 0 Å². The lowest BCUT2D eigenvalue weighted by atomic mass is 10.3. The van der Waals surface area contributed by atoms with Gasteiger partial charge in [0.05, 0.1) is 6.26 Å². The molecule has 0 amide bonds. The van der Waals surface area contributed by atoms with E-state index in [1.165, 1.54) is 6.08 Å². The third kappa shape index (κ3) is 7.08. The molecule has 0 aromatic heterocycles. The van der Waals surface area contributed by atoms with Crippen LogP contribution in [0.1, 0.15) is 0 Å². The molecule has 0 aliphatic rings. The fourth-order valence-electron chi connectivity index (χ4n) is 0.636. The fraction of sp³-hybridized carbons (Fsp3) is 0.111. The Morgan fingerprint density at radius 2 is 1.92 bits per heavy atom. The van der Waals surface area contributed by atoms with Crippen molar-refractivity contribution in [2.24, 2.45) is 0 Å². The van der Waals surface area contributed by atoms with Crippen LogP contribution in [0.5, 0.6) is 0 Å². The van der Waals surface area contributed by atoms with Gasteiger partial charge >= 0.3 is 0 Å². The minimum atomic E-state index is -3.23. The van der Waals surface area contributed by atoms with Crippen molar-refractivity contribution in [3.8, 4) is 0 Å². The van der Waals surface area contributed by atoms with Crippen molar-refractivity contribution in [2.45, 2.75) is 0 Å². The largest absolute Gasteiger partial charge is 0.284 e. The van der Waals surface area contributed by atoms with Crippen LogP contribution in [-0.4, -0.2) is 14.7 Å². The summed E-state index contributed by atoms with van der Waals surface area (Å²) in [5.41, 5.74) is 0.456. The second-order valence-electron chi connectivity index (χ2n) is 2.33. The number of sulfonamides is 1. The fourth-order valence-corrected chi connectivity index (χ4v) is 1.20. The maximum Gasteiger partial charge on any atom is 0.229 e. The smallest absolute Gasteiger partial charge is 0.229 e. The predicted octanol–water partition coefficient (Wildman–Crippen LogP) is 1.35. The molecule has 0 heterocycles. The Morgan fingerprint density at radius 1 is 1.31 bits per heavy atom. The lowest BCUT2D eigenvalue weighted by Crippen LogP contribution is -2.20. The molecule has 0 saturated carbocycles. The van der Waals surface area contributed by atoms with Crippen molar-refractivity contribution in [1.29, 1.82) is 0 Å². The third-order valence-corrected chi connectivity index (χ3v) is 1.62. The van der Waals surface area contributed by atoms with E-state index in [0.717, 1.165) is 6.26 Å². The van der Waals surface area contributed by atoms with Crippen LogP contribution in [-0.2, 0) is 10.0 Å². The molecule has 4 heteroatoms. The standard InChI is InChI=1S/C9H13NO2S/c1-4-6-8-9(7-5-2)10-13(3,11)12/h4-8,10H,1-2H2,3H3/b8-6-,9-7+. The molecule has 0 aliphatic carbocycles. The molecule has 0 fully saturated rings. The van der Waals surface area contributed by atoms with Gasteiger partial charge in [-0.15, -0.1) is 0 Å². The van der Waals surface area contributed by atoms with Crippen molar-refractivity contribution in [1.82, 2.24) is 4.72 Å². The Balaban J connectivity index is 4.64. The SMILES string of the molecule is C=C/C=C\C(=C/C=C)NS(C)(=O)=O. The summed E-state index contributed by atoms with van der Waals surface area (Å²) < 4.78 is 24.0. The van der Waals surface area contributed by atoms with Gasteiger partial charge in [-0.2, -0.15) is 0 Å². The Bertz CT molecular complexity index is 337. The number of rotatable bonds is 5. The number of hydrogen-bond acceptors (Lipinski definition) is 2. The Hall–Kier alpha value is -1.29. The van der Waals surface area contributed by atoms with Crippen molar-refractivity contribution in [2.75, 3.05) is 6.26 Å². The highest BCUT2D eigenvalue weighted by Gasteiger charge is 1.99. The average Bonchev–Trinajstić information content (AvgIpc) is 1.98. The monoisotopic (exact) mass is 199 g/mol. The van der Waals surface area contributed by atoms with Gasteiger partial charge in [-0.1, -0.05) is 31.4 Å². The van der Waals surface area contributed by atoms with E-state index in [0.29, 0.717) is 5.70 Å². The molecular formula is C9H13NO2S. The first-order chi connectivity index (χ1) is 5.99. The molecule has 0 bridgehead atoms. The lowest BCUT2D eigenvalue weighted by molar-refractivity contribution is 0.595. The summed E-state index contributed by atoms with van der Waals surface area (Å²) in [6, 6.07) is 0. The molecule has 0 radical (unpaired) electrons. The summed E-state index contributed by atoms with van der Waals surface area (Å²) in [7, 11) is -3.23. The van der Waals surface area contributed by atoms with Gasteiger partial charge in [-0.3, -0.25) is 4.72 Å². The molecule has 13 heavy (non-hydrogen) atoms. The first-order valence-electron chi connectivity index (χ1n) is 3.59. The minimum Gasteiger partial charge on any atom is -0.284 e. The van der Waals surface area contributed by atoms with Crippen molar-refractivity contribution in [3.63, 3.8) is 0 Å². The number of allylic oxidation sites excluding steroid dienone is 5. The molecule has 0 saturated heterocycles. The highest BCUT2D eigenvalue weighted by molar-refractivity contribution is 7.88. The van der Waals surface area contributed by atoms with E-state index in [1.807, 2.05) is 0 Å². The van der Waals surface area contributed by atoms with Gasteiger partial charge < -0.3 is 0 Å². The molecule has 0 rings (SSSR count). The van der Waals surface area contributed by atoms with E-state index in [1.54, 1.807) is 24.3 Å². The van der Waals surface area contributed by atoms with Gasteiger partial charge in [0.15, 0.2) is 0 Å². The molecule has 0 atom stereocenters. The quantitative estimate of drug-likeness (QED) is 0.679. The van der Waals surface area contributed by atoms with Gasteiger partial charge in [0, 0.05) is 5.70 Å². The minimum absolute atomic E-state index is 0.456. The average molecular weight is 199 g/mol. The van der Waals surface area contributed by atoms with Gasteiger partial charge in [0.1, 0.15) is 0 Å². The van der Waals surface area contributed by atoms with Gasteiger partial charge in [0.2, 0.25) is 10.0 Å². The van der Waals surface area contributed by atoms with Crippen molar-refractivity contribution < 1.29 is 8.42 Å². The molecule has 0 aromatic carbocycles. The summed E-state index contributed by atoms with van der Waals surface area (Å²) in [5.74, 6) is 0. The summed E-state index contributed by atoms with van der Waals surface area (Å²) in [6.07, 6.45) is 8.93. The highest BCUT2D eigenvalue weighted by Crippen LogP contribution is 1.95. The van der Waals surface area contributed by atoms with E-state index in [2.05, 4.69) is 17.9 Å². The predicted molar refractivity (Wildman–Crippen MR) is 55.6 cm³/mol. The summed E-state index contributed by atoms with van der Waals surface area (Å²) >= 11 is 0. The summed E-state index contributed by atoms with van der Waals surface area (Å²) in [6.45, 7) is 6.94. The molecule has 0 spiro atoms. The first kappa shape index (κ1) is 11.7. The van der Waals surface area contributed by atoms with Crippen LogP contribution in [0, 0.1) is 0 Å². The van der Waals surface area contributed by atoms with Gasteiger partial charge in [-0.25, -0.2) is 8.42 Å². The number of hydrogen-bond donors (Lipinski definition) is 1. The first-order valence-corrected chi connectivity index (χ1v) is 5.48. The van der Waals surface area contributed by atoms with Crippen LogP contribution in [0.15, 0.2) is 49.2 Å². The van der Waals surface area contributed by atoms with E-state index in [4.69, 9.17) is 0 Å². The van der Waals surface area contributed by atoms with Crippen molar-refractivity contribution >= 4 is 10.0 Å². The van der Waals surface area contributed by atoms with Crippen molar-refractivity contribution in [3.05, 3.63) is 49.2 Å². The summed E-state index contributed by atoms with van der Waals surface area (Å²) in [5, 5.41) is 0. The molecule has 0 aromatic rings. The Kier molecular flexibility index (Phi) is 4.84. The maximum atomic E-state index is 10.8. The lowest BCUT2D eigenvalue weighted by Gasteiger charge is -2.02. The van der Waals surface area contributed by atoms with Gasteiger partial charge in [-0.05, 0) is 12.2 Å². The van der Waals surface area contributed by atoms with E-state index in [-0.39, 0.29) is 0 Å². The zero-order chi connectivity index (χ0) is 10.3. The van der Waals surface area contributed by atoms with Crippen LogP contribution in [0.2, 0.25) is 0 Å². The molecular weight excluding hydrogens is 186 g/mol. The molecule has 72 valence electrons. The van der Waals surface area contributed by atoms with Crippen LogP contribution < -0.4 is 4.72 Å². The van der Waals surface area contributed by atoms with Crippen LogP contribution in [0.3, 0.4) is 0 Å². The molecule has 3 nitrogen and oxygen atoms in total.